The van der Waals surface area contributed by atoms with Gasteiger partial charge in [-0.25, -0.2) is 0 Å². The quantitative estimate of drug-likeness (QED) is 0.891. The molecule has 0 unspecified atom stereocenters. The number of aromatic nitrogens is 1. The number of para-hydroxylation sites is 1. The van der Waals surface area contributed by atoms with Crippen LogP contribution in [0.25, 0.3) is 10.9 Å². The molecule has 0 aliphatic heterocycles. The summed E-state index contributed by atoms with van der Waals surface area (Å²) in [5.41, 5.74) is 3.43. The average Bonchev–Trinajstić information content (AvgIpc) is 2.43. The zero-order chi connectivity index (χ0) is 13.8. The first-order chi connectivity index (χ1) is 9.11. The molecule has 0 saturated carbocycles. The fourth-order valence-electron chi connectivity index (χ4n) is 2.10. The second kappa shape index (κ2) is 6.02. The van der Waals surface area contributed by atoms with Crippen LogP contribution in [-0.4, -0.2) is 24.6 Å². The van der Waals surface area contributed by atoms with E-state index in [-0.39, 0.29) is 0 Å². The molecule has 1 aromatic carbocycles. The van der Waals surface area contributed by atoms with Crippen molar-refractivity contribution in [3.8, 4) is 0 Å². The molecule has 2 rings (SSSR count). The van der Waals surface area contributed by atoms with Crippen LogP contribution in [0.15, 0.2) is 30.3 Å². The zero-order valence-corrected chi connectivity index (χ0v) is 12.3. The molecule has 1 heterocycles. The predicted molar refractivity (Wildman–Crippen MR) is 82.7 cm³/mol. The van der Waals surface area contributed by atoms with Crippen molar-refractivity contribution in [2.24, 2.45) is 0 Å². The van der Waals surface area contributed by atoms with Gasteiger partial charge in [-0.1, -0.05) is 32.0 Å². The molecular formula is C16H23N3. The molecule has 0 atom stereocenters. The summed E-state index contributed by atoms with van der Waals surface area (Å²) in [6, 6.07) is 11.0. The van der Waals surface area contributed by atoms with Crippen LogP contribution in [0, 0.1) is 0 Å². The first-order valence-electron chi connectivity index (χ1n) is 6.95. The average molecular weight is 257 g/mol. The fraction of sp³-hybridized carbons (Fsp3) is 0.438. The van der Waals surface area contributed by atoms with E-state index in [1.807, 2.05) is 6.07 Å². The summed E-state index contributed by atoms with van der Waals surface area (Å²) in [5.74, 6) is 0. The molecule has 0 spiro atoms. The van der Waals surface area contributed by atoms with Crippen LogP contribution in [0.5, 0.6) is 0 Å². The lowest BCUT2D eigenvalue weighted by Gasteiger charge is -2.20. The topological polar surface area (TPSA) is 28.2 Å². The number of hydrogen-bond donors (Lipinski definition) is 1. The van der Waals surface area contributed by atoms with E-state index < -0.39 is 0 Å². The highest BCUT2D eigenvalue weighted by Crippen LogP contribution is 2.25. The highest BCUT2D eigenvalue weighted by atomic mass is 15.1. The SMILES string of the molecule is CCN(C)c1cc(CNC(C)C)nc2ccccc12. The Balaban J connectivity index is 2.44. The summed E-state index contributed by atoms with van der Waals surface area (Å²) in [6.45, 7) is 8.28. The van der Waals surface area contributed by atoms with Gasteiger partial charge in [0.15, 0.2) is 0 Å². The van der Waals surface area contributed by atoms with Gasteiger partial charge in [-0.05, 0) is 19.1 Å². The van der Waals surface area contributed by atoms with E-state index >= 15 is 0 Å². The number of benzene rings is 1. The van der Waals surface area contributed by atoms with E-state index in [4.69, 9.17) is 4.98 Å². The van der Waals surface area contributed by atoms with Gasteiger partial charge in [-0.15, -0.1) is 0 Å². The van der Waals surface area contributed by atoms with Gasteiger partial charge in [-0.3, -0.25) is 4.98 Å². The van der Waals surface area contributed by atoms with Crippen LogP contribution in [0.1, 0.15) is 26.5 Å². The molecule has 0 saturated heterocycles. The van der Waals surface area contributed by atoms with E-state index in [0.29, 0.717) is 6.04 Å². The monoisotopic (exact) mass is 257 g/mol. The highest BCUT2D eigenvalue weighted by Gasteiger charge is 2.08. The van der Waals surface area contributed by atoms with E-state index in [9.17, 15) is 0 Å². The third kappa shape index (κ3) is 3.24. The Morgan fingerprint density at radius 1 is 1.26 bits per heavy atom. The van der Waals surface area contributed by atoms with E-state index in [0.717, 1.165) is 24.3 Å². The van der Waals surface area contributed by atoms with Crippen molar-refractivity contribution in [1.29, 1.82) is 0 Å². The smallest absolute Gasteiger partial charge is 0.0726 e. The number of fused-ring (bicyclic) bond motifs is 1. The van der Waals surface area contributed by atoms with Crippen molar-refractivity contribution >= 4 is 16.6 Å². The van der Waals surface area contributed by atoms with E-state index in [1.165, 1.54) is 11.1 Å². The van der Waals surface area contributed by atoms with Crippen LogP contribution >= 0.6 is 0 Å². The molecule has 0 radical (unpaired) electrons. The summed E-state index contributed by atoms with van der Waals surface area (Å²) in [4.78, 5) is 7.00. The van der Waals surface area contributed by atoms with Crippen molar-refractivity contribution in [2.45, 2.75) is 33.4 Å². The standard InChI is InChI=1S/C16H23N3/c1-5-19(4)16-10-13(11-17-12(2)3)18-15-9-7-6-8-14(15)16/h6-10,12,17H,5,11H2,1-4H3. The normalized spacial score (nSPS) is 11.2. The fourth-order valence-corrected chi connectivity index (χ4v) is 2.10. The third-order valence-electron chi connectivity index (χ3n) is 3.32. The van der Waals surface area contributed by atoms with E-state index in [1.54, 1.807) is 0 Å². The minimum atomic E-state index is 0.473. The Morgan fingerprint density at radius 2 is 2.00 bits per heavy atom. The first kappa shape index (κ1) is 13.8. The Hall–Kier alpha value is -1.61. The third-order valence-corrected chi connectivity index (χ3v) is 3.32. The van der Waals surface area contributed by atoms with Gasteiger partial charge in [-0.2, -0.15) is 0 Å². The van der Waals surface area contributed by atoms with Crippen molar-refractivity contribution in [1.82, 2.24) is 10.3 Å². The van der Waals surface area contributed by atoms with Crippen LogP contribution in [0.2, 0.25) is 0 Å². The lowest BCUT2D eigenvalue weighted by atomic mass is 10.1. The largest absolute Gasteiger partial charge is 0.374 e. The van der Waals surface area contributed by atoms with Crippen LogP contribution in [0.4, 0.5) is 5.69 Å². The molecule has 3 nitrogen and oxygen atoms in total. The predicted octanol–water partition coefficient (Wildman–Crippen LogP) is 3.19. The minimum absolute atomic E-state index is 0.473. The molecule has 1 aromatic heterocycles. The van der Waals surface area contributed by atoms with Crippen LogP contribution < -0.4 is 10.2 Å². The van der Waals surface area contributed by atoms with Gasteiger partial charge in [0.2, 0.25) is 0 Å². The second-order valence-corrected chi connectivity index (χ2v) is 5.20. The molecule has 19 heavy (non-hydrogen) atoms. The lowest BCUT2D eigenvalue weighted by Crippen LogP contribution is -2.23. The number of pyridine rings is 1. The van der Waals surface area contributed by atoms with Gasteiger partial charge in [0.25, 0.3) is 0 Å². The molecule has 3 heteroatoms. The Labute approximate surface area is 115 Å². The molecule has 0 aliphatic rings. The molecule has 0 bridgehead atoms. The molecule has 0 amide bonds. The number of nitrogens with one attached hydrogen (secondary N) is 1. The van der Waals surface area contributed by atoms with Crippen molar-refractivity contribution in [3.63, 3.8) is 0 Å². The summed E-state index contributed by atoms with van der Waals surface area (Å²) in [7, 11) is 2.13. The van der Waals surface area contributed by atoms with Gasteiger partial charge in [0.05, 0.1) is 11.2 Å². The summed E-state index contributed by atoms with van der Waals surface area (Å²) >= 11 is 0. The van der Waals surface area contributed by atoms with Gasteiger partial charge in [0, 0.05) is 37.3 Å². The molecule has 0 aliphatic carbocycles. The molecule has 102 valence electrons. The number of hydrogen-bond acceptors (Lipinski definition) is 3. The summed E-state index contributed by atoms with van der Waals surface area (Å²) in [5, 5.41) is 4.65. The summed E-state index contributed by atoms with van der Waals surface area (Å²) in [6.07, 6.45) is 0. The molecule has 0 fully saturated rings. The summed E-state index contributed by atoms with van der Waals surface area (Å²) < 4.78 is 0. The molecular weight excluding hydrogens is 234 g/mol. The second-order valence-electron chi connectivity index (χ2n) is 5.20. The molecule has 2 aromatic rings. The minimum Gasteiger partial charge on any atom is -0.374 e. The van der Waals surface area contributed by atoms with Crippen LogP contribution in [-0.2, 0) is 6.54 Å². The zero-order valence-electron chi connectivity index (χ0n) is 12.3. The maximum atomic E-state index is 4.74. The Bertz CT molecular complexity index is 549. The van der Waals surface area contributed by atoms with Crippen molar-refractivity contribution in [3.05, 3.63) is 36.0 Å². The van der Waals surface area contributed by atoms with Gasteiger partial charge in [0.1, 0.15) is 0 Å². The first-order valence-corrected chi connectivity index (χ1v) is 6.95. The van der Waals surface area contributed by atoms with Crippen molar-refractivity contribution in [2.75, 3.05) is 18.5 Å². The van der Waals surface area contributed by atoms with E-state index in [2.05, 4.69) is 62.3 Å². The Morgan fingerprint density at radius 3 is 2.68 bits per heavy atom. The number of rotatable bonds is 5. The lowest BCUT2D eigenvalue weighted by molar-refractivity contribution is 0.582. The number of nitrogens with zero attached hydrogens (tertiary/aromatic N) is 2. The van der Waals surface area contributed by atoms with Crippen LogP contribution in [0.3, 0.4) is 0 Å². The number of anilines is 1. The highest BCUT2D eigenvalue weighted by molar-refractivity contribution is 5.91. The van der Waals surface area contributed by atoms with Crippen molar-refractivity contribution < 1.29 is 0 Å². The maximum Gasteiger partial charge on any atom is 0.0726 e. The molecule has 1 N–H and O–H groups in total. The Kier molecular flexibility index (Phi) is 4.38. The van der Waals surface area contributed by atoms with Gasteiger partial charge < -0.3 is 10.2 Å². The maximum absolute atomic E-state index is 4.74. The van der Waals surface area contributed by atoms with Gasteiger partial charge >= 0.3 is 0 Å².